The van der Waals surface area contributed by atoms with E-state index in [0.717, 1.165) is 0 Å². The van der Waals surface area contributed by atoms with Crippen molar-refractivity contribution in [2.45, 2.75) is 0 Å². The van der Waals surface area contributed by atoms with Crippen LogP contribution in [0.2, 0.25) is 0 Å². The molecule has 0 atom stereocenters. The van der Waals surface area contributed by atoms with Crippen molar-refractivity contribution in [1.82, 2.24) is 10.1 Å². The van der Waals surface area contributed by atoms with Crippen molar-refractivity contribution in [2.75, 3.05) is 14.2 Å². The Morgan fingerprint density at radius 1 is 1.28 bits per heavy atom. The second-order valence-electron chi connectivity index (χ2n) is 3.30. The summed E-state index contributed by atoms with van der Waals surface area (Å²) >= 11 is 0. The topological polar surface area (TPSA) is 94.4 Å². The van der Waals surface area contributed by atoms with Gasteiger partial charge in [0.15, 0.2) is 0 Å². The number of H-pyrrole nitrogens is 1. The number of nitrogens with zero attached hydrogens (tertiary/aromatic N) is 1. The normalized spacial score (nSPS) is 10.1. The first-order valence-corrected chi connectivity index (χ1v) is 4.99. The van der Waals surface area contributed by atoms with Crippen LogP contribution in [-0.2, 0) is 9.47 Å². The smallest absolute Gasteiger partial charge is 0.377 e. The van der Waals surface area contributed by atoms with E-state index in [1.54, 1.807) is 18.3 Å². The van der Waals surface area contributed by atoms with Crippen LogP contribution < -0.4 is 0 Å². The zero-order valence-electron chi connectivity index (χ0n) is 9.72. The minimum absolute atomic E-state index is 0.0631. The molecule has 0 aliphatic heterocycles. The van der Waals surface area contributed by atoms with Crippen LogP contribution in [0, 0.1) is 0 Å². The van der Waals surface area contributed by atoms with Gasteiger partial charge < -0.3 is 19.0 Å². The summed E-state index contributed by atoms with van der Waals surface area (Å²) in [5, 5.41) is 3.69. The van der Waals surface area contributed by atoms with Crippen LogP contribution >= 0.6 is 0 Å². The SMILES string of the molecule is COC(=O)c1onc(-c2ccc[nH]2)c1C(=O)OC. The predicted octanol–water partition coefficient (Wildman–Crippen LogP) is 1.24. The van der Waals surface area contributed by atoms with Crippen molar-refractivity contribution < 1.29 is 23.6 Å². The molecule has 1 N–H and O–H groups in total. The van der Waals surface area contributed by atoms with Gasteiger partial charge in [-0.15, -0.1) is 0 Å². The van der Waals surface area contributed by atoms with Crippen LogP contribution in [0.25, 0.3) is 11.4 Å². The Labute approximate surface area is 102 Å². The average molecular weight is 250 g/mol. The maximum atomic E-state index is 11.7. The van der Waals surface area contributed by atoms with Gasteiger partial charge in [0.2, 0.25) is 0 Å². The van der Waals surface area contributed by atoms with E-state index in [9.17, 15) is 9.59 Å². The van der Waals surface area contributed by atoms with Crippen LogP contribution in [0.3, 0.4) is 0 Å². The Bertz CT molecular complexity index is 570. The third-order valence-electron chi connectivity index (χ3n) is 2.31. The van der Waals surface area contributed by atoms with Gasteiger partial charge in [-0.25, -0.2) is 9.59 Å². The molecule has 0 unspecified atom stereocenters. The van der Waals surface area contributed by atoms with Gasteiger partial charge in [0.25, 0.3) is 5.76 Å². The van der Waals surface area contributed by atoms with Crippen LogP contribution in [0.4, 0.5) is 0 Å². The molecule has 0 radical (unpaired) electrons. The lowest BCUT2D eigenvalue weighted by atomic mass is 10.1. The zero-order chi connectivity index (χ0) is 13.1. The molecule has 7 heteroatoms. The molecular weight excluding hydrogens is 240 g/mol. The molecule has 0 saturated heterocycles. The van der Waals surface area contributed by atoms with Gasteiger partial charge in [-0.2, -0.15) is 0 Å². The molecule has 0 fully saturated rings. The van der Waals surface area contributed by atoms with E-state index in [1.165, 1.54) is 14.2 Å². The number of methoxy groups -OCH3 is 2. The Kier molecular flexibility index (Phi) is 3.13. The zero-order valence-corrected chi connectivity index (χ0v) is 9.72. The molecule has 0 spiro atoms. The van der Waals surface area contributed by atoms with Crippen molar-refractivity contribution >= 4 is 11.9 Å². The van der Waals surface area contributed by atoms with Gasteiger partial charge in [0.1, 0.15) is 11.3 Å². The number of hydrogen-bond donors (Lipinski definition) is 1. The van der Waals surface area contributed by atoms with Gasteiger partial charge in [0, 0.05) is 6.20 Å². The summed E-state index contributed by atoms with van der Waals surface area (Å²) in [5.74, 6) is -1.80. The molecule has 0 amide bonds. The molecule has 94 valence electrons. The van der Waals surface area contributed by atoms with Gasteiger partial charge in [-0.3, -0.25) is 0 Å². The molecule has 2 rings (SSSR count). The number of aromatic amines is 1. The van der Waals surface area contributed by atoms with Gasteiger partial charge in [0.05, 0.1) is 19.9 Å². The highest BCUT2D eigenvalue weighted by atomic mass is 16.6. The average Bonchev–Trinajstić information content (AvgIpc) is 3.04. The van der Waals surface area contributed by atoms with E-state index in [0.29, 0.717) is 5.69 Å². The maximum Gasteiger partial charge on any atom is 0.377 e. The van der Waals surface area contributed by atoms with Gasteiger partial charge in [-0.1, -0.05) is 5.16 Å². The number of carbonyl (C=O) groups is 2. The van der Waals surface area contributed by atoms with Crippen LogP contribution in [-0.4, -0.2) is 36.3 Å². The third kappa shape index (κ3) is 1.86. The fourth-order valence-electron chi connectivity index (χ4n) is 1.48. The summed E-state index contributed by atoms with van der Waals surface area (Å²) in [7, 11) is 2.38. The molecule has 2 heterocycles. The lowest BCUT2D eigenvalue weighted by Crippen LogP contribution is -2.10. The number of carbonyl (C=O) groups excluding carboxylic acids is 2. The van der Waals surface area contributed by atoms with Crippen molar-refractivity contribution in [1.29, 1.82) is 0 Å². The monoisotopic (exact) mass is 250 g/mol. The van der Waals surface area contributed by atoms with Crippen LogP contribution in [0.1, 0.15) is 20.9 Å². The highest BCUT2D eigenvalue weighted by Gasteiger charge is 2.30. The molecule has 0 bridgehead atoms. The van der Waals surface area contributed by atoms with E-state index in [4.69, 9.17) is 4.52 Å². The number of hydrogen-bond acceptors (Lipinski definition) is 6. The van der Waals surface area contributed by atoms with E-state index in [-0.39, 0.29) is 17.0 Å². The molecule has 18 heavy (non-hydrogen) atoms. The van der Waals surface area contributed by atoms with Crippen molar-refractivity contribution in [3.63, 3.8) is 0 Å². The number of nitrogens with one attached hydrogen (secondary N) is 1. The fraction of sp³-hybridized carbons (Fsp3) is 0.182. The lowest BCUT2D eigenvalue weighted by molar-refractivity contribution is 0.0521. The molecule has 2 aromatic rings. The standard InChI is InChI=1S/C11H10N2O5/c1-16-10(14)7-8(6-4-3-5-12-6)13-18-9(7)11(15)17-2/h3-5,12H,1-2H3. The fourth-order valence-corrected chi connectivity index (χ4v) is 1.48. The number of esters is 2. The Morgan fingerprint density at radius 3 is 2.56 bits per heavy atom. The number of aromatic nitrogens is 2. The summed E-state index contributed by atoms with van der Waals surface area (Å²) in [4.78, 5) is 26.0. The Morgan fingerprint density at radius 2 is 2.00 bits per heavy atom. The number of rotatable bonds is 3. The van der Waals surface area contributed by atoms with Crippen LogP contribution in [0.5, 0.6) is 0 Å². The van der Waals surface area contributed by atoms with Crippen LogP contribution in [0.15, 0.2) is 22.9 Å². The molecule has 0 saturated carbocycles. The summed E-state index contributed by atoms with van der Waals surface area (Å²) < 4.78 is 14.0. The van der Waals surface area contributed by atoms with Crippen molar-refractivity contribution in [2.24, 2.45) is 0 Å². The van der Waals surface area contributed by atoms with E-state index in [2.05, 4.69) is 19.6 Å². The Balaban J connectivity index is 2.58. The molecule has 7 nitrogen and oxygen atoms in total. The molecule has 0 aliphatic rings. The minimum Gasteiger partial charge on any atom is -0.465 e. The maximum absolute atomic E-state index is 11.7. The highest BCUT2D eigenvalue weighted by Crippen LogP contribution is 2.25. The van der Waals surface area contributed by atoms with E-state index < -0.39 is 11.9 Å². The quantitative estimate of drug-likeness (QED) is 0.823. The predicted molar refractivity (Wildman–Crippen MR) is 59.0 cm³/mol. The van der Waals surface area contributed by atoms with Gasteiger partial charge >= 0.3 is 11.9 Å². The summed E-state index contributed by atoms with van der Waals surface area (Å²) in [5.41, 5.74) is 0.674. The molecule has 0 aliphatic carbocycles. The summed E-state index contributed by atoms with van der Waals surface area (Å²) in [6.45, 7) is 0. The highest BCUT2D eigenvalue weighted by molar-refractivity contribution is 6.05. The summed E-state index contributed by atoms with van der Waals surface area (Å²) in [6, 6.07) is 3.41. The minimum atomic E-state index is -0.791. The first kappa shape index (κ1) is 11.9. The first-order valence-electron chi connectivity index (χ1n) is 4.99. The number of ether oxygens (including phenoxy) is 2. The van der Waals surface area contributed by atoms with E-state index in [1.807, 2.05) is 0 Å². The Hall–Kier alpha value is -2.57. The van der Waals surface area contributed by atoms with Gasteiger partial charge in [-0.05, 0) is 12.1 Å². The third-order valence-corrected chi connectivity index (χ3v) is 2.31. The second-order valence-corrected chi connectivity index (χ2v) is 3.30. The molecule has 0 aromatic carbocycles. The summed E-state index contributed by atoms with van der Waals surface area (Å²) in [6.07, 6.45) is 1.66. The second kappa shape index (κ2) is 4.74. The van der Waals surface area contributed by atoms with Crippen molar-refractivity contribution in [3.8, 4) is 11.4 Å². The van der Waals surface area contributed by atoms with Crippen molar-refractivity contribution in [3.05, 3.63) is 29.7 Å². The molecular formula is C11H10N2O5. The lowest BCUT2D eigenvalue weighted by Gasteiger charge is -1.99. The largest absolute Gasteiger partial charge is 0.465 e. The first-order chi connectivity index (χ1) is 8.69. The van der Waals surface area contributed by atoms with E-state index >= 15 is 0 Å². The molecule has 2 aromatic heterocycles.